The second-order valence-corrected chi connectivity index (χ2v) is 8.10. The van der Waals surface area contributed by atoms with E-state index in [9.17, 15) is 22.8 Å². The predicted molar refractivity (Wildman–Crippen MR) is 136 cm³/mol. The summed E-state index contributed by atoms with van der Waals surface area (Å²) in [7, 11) is 0. The maximum atomic E-state index is 13.1. The lowest BCUT2D eigenvalue weighted by atomic mass is 10.1. The summed E-state index contributed by atoms with van der Waals surface area (Å²) >= 11 is 0. The van der Waals surface area contributed by atoms with Gasteiger partial charge in [0.15, 0.2) is 18.1 Å². The van der Waals surface area contributed by atoms with Gasteiger partial charge in [0.1, 0.15) is 11.3 Å². The standard InChI is InChI=1S/C19H16F3NO2.C7H7N5O/c1-2-14-11-13-7-6-10-16(25-12-19(20,21)22)17(13)18(24)23(14)15-8-4-3-5-9-15;8-5-4(6(9)13)7-10-2-1-3-12(7)11-5/h3-11H,2,12H2,1H3;1-3H,(H2,8,11)(H2,9,13). The smallest absolute Gasteiger partial charge is 0.422 e. The topological polar surface area (TPSA) is 131 Å². The van der Waals surface area contributed by atoms with Crippen LogP contribution in [0.15, 0.2) is 77.9 Å². The van der Waals surface area contributed by atoms with Crippen LogP contribution in [0, 0.1) is 0 Å². The van der Waals surface area contributed by atoms with Gasteiger partial charge in [0, 0.05) is 23.8 Å². The summed E-state index contributed by atoms with van der Waals surface area (Å²) in [5.74, 6) is -0.579. The first kappa shape index (κ1) is 26.2. The molecule has 0 aliphatic carbocycles. The Labute approximate surface area is 214 Å². The number of primary amides is 1. The number of nitrogens with two attached hydrogens (primary N) is 2. The number of rotatable bonds is 5. The Morgan fingerprint density at radius 2 is 1.82 bits per heavy atom. The SMILES string of the molecule is CCc1cc2cccc(OCC(F)(F)F)c2c(=O)n1-c1ccccc1.NC(=O)c1c(N)nn2cccnc12. The Balaban J connectivity index is 0.000000216. The zero-order valence-corrected chi connectivity index (χ0v) is 20.1. The Morgan fingerprint density at radius 1 is 1.08 bits per heavy atom. The number of fused-ring (bicyclic) bond motifs is 2. The number of hydrogen-bond acceptors (Lipinski definition) is 6. The summed E-state index contributed by atoms with van der Waals surface area (Å²) in [5, 5.41) is 4.58. The van der Waals surface area contributed by atoms with E-state index in [1.54, 1.807) is 54.9 Å². The number of amides is 1. The van der Waals surface area contributed by atoms with Gasteiger partial charge < -0.3 is 16.2 Å². The highest BCUT2D eigenvalue weighted by atomic mass is 19.4. The average molecular weight is 525 g/mol. The molecule has 4 N–H and O–H groups in total. The largest absolute Gasteiger partial charge is 0.483 e. The van der Waals surface area contributed by atoms with Crippen molar-refractivity contribution in [3.05, 3.63) is 94.7 Å². The van der Waals surface area contributed by atoms with Gasteiger partial charge in [0.05, 0.1) is 5.39 Å². The van der Waals surface area contributed by atoms with Crippen molar-refractivity contribution in [3.8, 4) is 11.4 Å². The van der Waals surface area contributed by atoms with Crippen molar-refractivity contribution in [2.45, 2.75) is 19.5 Å². The summed E-state index contributed by atoms with van der Waals surface area (Å²) in [6.45, 7) is 0.483. The number of anilines is 1. The lowest BCUT2D eigenvalue weighted by Crippen LogP contribution is -2.24. The lowest BCUT2D eigenvalue weighted by molar-refractivity contribution is -0.153. The minimum atomic E-state index is -4.47. The first-order valence-electron chi connectivity index (χ1n) is 11.4. The van der Waals surface area contributed by atoms with Crippen LogP contribution in [-0.4, -0.2) is 37.9 Å². The lowest BCUT2D eigenvalue weighted by Gasteiger charge is -2.16. The van der Waals surface area contributed by atoms with Crippen molar-refractivity contribution in [2.24, 2.45) is 5.73 Å². The molecule has 1 amide bonds. The molecule has 3 aromatic heterocycles. The molecule has 0 radical (unpaired) electrons. The van der Waals surface area contributed by atoms with Gasteiger partial charge in [-0.3, -0.25) is 14.2 Å². The highest BCUT2D eigenvalue weighted by Crippen LogP contribution is 2.27. The number of pyridine rings is 1. The average Bonchev–Trinajstić information content (AvgIpc) is 3.23. The molecule has 196 valence electrons. The number of ether oxygens (including phenoxy) is 1. The van der Waals surface area contributed by atoms with Crippen LogP contribution in [-0.2, 0) is 6.42 Å². The molecule has 2 aromatic carbocycles. The van der Waals surface area contributed by atoms with Crippen molar-refractivity contribution < 1.29 is 22.7 Å². The molecule has 0 fully saturated rings. The molecule has 38 heavy (non-hydrogen) atoms. The van der Waals surface area contributed by atoms with Crippen molar-refractivity contribution in [1.82, 2.24) is 19.2 Å². The number of carbonyl (C=O) groups is 1. The zero-order chi connectivity index (χ0) is 27.4. The Hall–Kier alpha value is -4.87. The summed E-state index contributed by atoms with van der Waals surface area (Å²) in [6.07, 6.45) is -0.675. The molecule has 3 heterocycles. The minimum absolute atomic E-state index is 0.0628. The number of aryl methyl sites for hydroxylation is 1. The predicted octanol–water partition coefficient (Wildman–Crippen LogP) is 3.90. The highest BCUT2D eigenvalue weighted by Gasteiger charge is 2.29. The van der Waals surface area contributed by atoms with Crippen molar-refractivity contribution in [2.75, 3.05) is 12.3 Å². The van der Waals surface area contributed by atoms with Crippen molar-refractivity contribution in [1.29, 1.82) is 0 Å². The van der Waals surface area contributed by atoms with Gasteiger partial charge in [-0.25, -0.2) is 9.50 Å². The molecule has 5 rings (SSSR count). The van der Waals surface area contributed by atoms with Crippen LogP contribution < -0.4 is 21.8 Å². The van der Waals surface area contributed by atoms with Gasteiger partial charge in [-0.1, -0.05) is 37.3 Å². The van der Waals surface area contributed by atoms with Gasteiger partial charge in [0.25, 0.3) is 11.5 Å². The van der Waals surface area contributed by atoms with Gasteiger partial charge in [-0.05, 0) is 42.1 Å². The van der Waals surface area contributed by atoms with Gasteiger partial charge in [-0.15, -0.1) is 5.10 Å². The number of hydrogen-bond donors (Lipinski definition) is 2. The number of benzene rings is 2. The van der Waals surface area contributed by atoms with Crippen LogP contribution in [0.2, 0.25) is 0 Å². The first-order chi connectivity index (χ1) is 18.1. The fourth-order valence-electron chi connectivity index (χ4n) is 3.92. The third-order valence-corrected chi connectivity index (χ3v) is 5.52. The van der Waals surface area contributed by atoms with Crippen molar-refractivity contribution in [3.63, 3.8) is 0 Å². The Morgan fingerprint density at radius 3 is 2.47 bits per heavy atom. The third kappa shape index (κ3) is 5.43. The number of para-hydroxylation sites is 1. The van der Waals surface area contributed by atoms with E-state index >= 15 is 0 Å². The summed E-state index contributed by atoms with van der Waals surface area (Å²) in [4.78, 5) is 27.9. The van der Waals surface area contributed by atoms with Crippen LogP contribution in [0.1, 0.15) is 23.0 Å². The van der Waals surface area contributed by atoms with Crippen LogP contribution in [0.4, 0.5) is 19.0 Å². The first-order valence-corrected chi connectivity index (χ1v) is 11.4. The zero-order valence-electron chi connectivity index (χ0n) is 20.1. The van der Waals surface area contributed by atoms with E-state index in [2.05, 4.69) is 10.1 Å². The quantitative estimate of drug-likeness (QED) is 0.359. The van der Waals surface area contributed by atoms with Gasteiger partial charge >= 0.3 is 6.18 Å². The number of carbonyl (C=O) groups excluding carboxylic acids is 1. The molecule has 0 aliphatic heterocycles. The van der Waals surface area contributed by atoms with Crippen LogP contribution in [0.3, 0.4) is 0 Å². The minimum Gasteiger partial charge on any atom is -0.483 e. The van der Waals surface area contributed by atoms with Crippen LogP contribution in [0.25, 0.3) is 22.1 Å². The monoisotopic (exact) mass is 524 g/mol. The maximum absolute atomic E-state index is 13.1. The van der Waals surface area contributed by atoms with Gasteiger partial charge in [-0.2, -0.15) is 13.2 Å². The number of aromatic nitrogens is 4. The van der Waals surface area contributed by atoms with Crippen LogP contribution >= 0.6 is 0 Å². The highest BCUT2D eigenvalue weighted by molar-refractivity contribution is 6.03. The molecule has 9 nitrogen and oxygen atoms in total. The molecule has 0 bridgehead atoms. The van der Waals surface area contributed by atoms with E-state index in [0.717, 1.165) is 5.69 Å². The molecule has 0 saturated heterocycles. The normalized spacial score (nSPS) is 11.3. The van der Waals surface area contributed by atoms with Gasteiger partial charge in [0.2, 0.25) is 0 Å². The summed E-state index contributed by atoms with van der Waals surface area (Å²) in [6, 6.07) is 17.2. The molecule has 0 unspecified atom stereocenters. The Bertz CT molecular complexity index is 1660. The molecule has 0 atom stereocenters. The third-order valence-electron chi connectivity index (χ3n) is 5.52. The van der Waals surface area contributed by atoms with E-state index in [-0.39, 0.29) is 22.5 Å². The summed E-state index contributed by atoms with van der Waals surface area (Å²) in [5.41, 5.74) is 12.2. The molecule has 5 aromatic rings. The Kier molecular flexibility index (Phi) is 7.33. The van der Waals surface area contributed by atoms with E-state index in [0.29, 0.717) is 23.1 Å². The molecule has 0 saturated carbocycles. The maximum Gasteiger partial charge on any atom is 0.422 e. The number of halogens is 3. The second kappa shape index (κ2) is 10.6. The van der Waals surface area contributed by atoms with Crippen LogP contribution in [0.5, 0.6) is 5.75 Å². The van der Waals surface area contributed by atoms with E-state index in [1.807, 2.05) is 19.1 Å². The summed E-state index contributed by atoms with van der Waals surface area (Å²) < 4.78 is 45.3. The number of alkyl halides is 3. The molecular weight excluding hydrogens is 501 g/mol. The van der Waals surface area contributed by atoms with E-state index < -0.39 is 24.2 Å². The number of nitrogen functional groups attached to an aromatic ring is 1. The van der Waals surface area contributed by atoms with E-state index in [1.165, 1.54) is 15.1 Å². The molecular formula is C26H23F3N6O3. The number of nitrogens with zero attached hydrogens (tertiary/aromatic N) is 4. The second-order valence-electron chi connectivity index (χ2n) is 8.10. The van der Waals surface area contributed by atoms with E-state index in [4.69, 9.17) is 16.2 Å². The fourth-order valence-corrected chi connectivity index (χ4v) is 3.92. The van der Waals surface area contributed by atoms with Crippen molar-refractivity contribution >= 4 is 28.1 Å². The molecule has 12 heteroatoms. The molecule has 0 aliphatic rings. The molecule has 0 spiro atoms. The fraction of sp³-hybridized carbons (Fsp3) is 0.154.